The molecule has 1 aromatic carbocycles. The van der Waals surface area contributed by atoms with Crippen molar-refractivity contribution in [1.82, 2.24) is 5.32 Å². The van der Waals surface area contributed by atoms with E-state index in [0.29, 0.717) is 5.56 Å². The zero-order valence-electron chi connectivity index (χ0n) is 10.0. The van der Waals surface area contributed by atoms with Gasteiger partial charge in [-0.2, -0.15) is 0 Å². The van der Waals surface area contributed by atoms with Gasteiger partial charge in [0.25, 0.3) is 0 Å². The number of nitrogens with one attached hydrogen (secondary N) is 1. The Bertz CT molecular complexity index is 414. The molecule has 1 aromatic rings. The number of nitrogens with two attached hydrogens (primary N) is 1. The molecule has 0 unspecified atom stereocenters. The molecule has 1 aliphatic heterocycles. The van der Waals surface area contributed by atoms with Gasteiger partial charge in [-0.25, -0.2) is 0 Å². The van der Waals surface area contributed by atoms with Crippen LogP contribution in [0.4, 0.5) is 0 Å². The van der Waals surface area contributed by atoms with E-state index in [1.54, 1.807) is 6.07 Å². The second kappa shape index (κ2) is 4.85. The molecule has 0 aromatic heterocycles. The van der Waals surface area contributed by atoms with Crippen molar-refractivity contribution >= 4 is 5.91 Å². The molecule has 0 aliphatic carbocycles. The van der Waals surface area contributed by atoms with Crippen LogP contribution in [0.15, 0.2) is 24.3 Å². The SMILES string of the molecule is CC1(CNCc2cccc(C(N)=O)c2)COC1. The van der Waals surface area contributed by atoms with Crippen LogP contribution in [0.25, 0.3) is 0 Å². The van der Waals surface area contributed by atoms with Crippen LogP contribution in [-0.2, 0) is 11.3 Å². The quantitative estimate of drug-likeness (QED) is 0.796. The number of primary amides is 1. The maximum absolute atomic E-state index is 11.0. The Labute approximate surface area is 101 Å². The first-order valence-electron chi connectivity index (χ1n) is 5.76. The molecule has 1 heterocycles. The van der Waals surface area contributed by atoms with E-state index >= 15 is 0 Å². The lowest BCUT2D eigenvalue weighted by Crippen LogP contribution is -2.47. The first kappa shape index (κ1) is 12.1. The summed E-state index contributed by atoms with van der Waals surface area (Å²) in [5.41, 5.74) is 7.13. The van der Waals surface area contributed by atoms with Crippen LogP contribution in [-0.4, -0.2) is 25.7 Å². The van der Waals surface area contributed by atoms with E-state index in [2.05, 4.69) is 12.2 Å². The van der Waals surface area contributed by atoms with Gasteiger partial charge in [0.05, 0.1) is 13.2 Å². The van der Waals surface area contributed by atoms with Gasteiger partial charge in [0.2, 0.25) is 5.91 Å². The Morgan fingerprint density at radius 2 is 2.29 bits per heavy atom. The number of carbonyl (C=O) groups is 1. The van der Waals surface area contributed by atoms with Crippen molar-refractivity contribution in [1.29, 1.82) is 0 Å². The van der Waals surface area contributed by atoms with Crippen LogP contribution in [0.5, 0.6) is 0 Å². The molecule has 0 radical (unpaired) electrons. The summed E-state index contributed by atoms with van der Waals surface area (Å²) in [4.78, 5) is 11.0. The fourth-order valence-corrected chi connectivity index (χ4v) is 1.90. The monoisotopic (exact) mass is 234 g/mol. The second-order valence-corrected chi connectivity index (χ2v) is 4.97. The van der Waals surface area contributed by atoms with Crippen molar-refractivity contribution in [3.63, 3.8) is 0 Å². The summed E-state index contributed by atoms with van der Waals surface area (Å²) >= 11 is 0. The average Bonchev–Trinajstić information content (AvgIpc) is 2.27. The smallest absolute Gasteiger partial charge is 0.248 e. The Morgan fingerprint density at radius 1 is 1.53 bits per heavy atom. The van der Waals surface area contributed by atoms with E-state index < -0.39 is 0 Å². The molecule has 0 spiro atoms. The molecular weight excluding hydrogens is 216 g/mol. The van der Waals surface area contributed by atoms with E-state index in [9.17, 15) is 4.79 Å². The zero-order chi connectivity index (χ0) is 12.3. The Morgan fingerprint density at radius 3 is 2.88 bits per heavy atom. The number of carbonyl (C=O) groups excluding carboxylic acids is 1. The molecule has 3 N–H and O–H groups in total. The normalized spacial score (nSPS) is 17.5. The number of rotatable bonds is 5. The summed E-state index contributed by atoms with van der Waals surface area (Å²) in [6.45, 7) is 5.51. The second-order valence-electron chi connectivity index (χ2n) is 4.97. The Balaban J connectivity index is 1.86. The van der Waals surface area contributed by atoms with Crippen LogP contribution < -0.4 is 11.1 Å². The predicted octanol–water partition coefficient (Wildman–Crippen LogP) is 0.912. The highest BCUT2D eigenvalue weighted by atomic mass is 16.5. The van der Waals surface area contributed by atoms with E-state index in [0.717, 1.165) is 31.9 Å². The fraction of sp³-hybridized carbons (Fsp3) is 0.462. The lowest BCUT2D eigenvalue weighted by Gasteiger charge is -2.38. The summed E-state index contributed by atoms with van der Waals surface area (Å²) in [6.07, 6.45) is 0. The van der Waals surface area contributed by atoms with Crippen molar-refractivity contribution in [2.75, 3.05) is 19.8 Å². The number of amides is 1. The third-order valence-corrected chi connectivity index (χ3v) is 2.99. The summed E-state index contributed by atoms with van der Waals surface area (Å²) in [5, 5.41) is 3.38. The highest BCUT2D eigenvalue weighted by Crippen LogP contribution is 2.25. The zero-order valence-corrected chi connectivity index (χ0v) is 10.0. The lowest BCUT2D eigenvalue weighted by molar-refractivity contribution is -0.0991. The van der Waals surface area contributed by atoms with E-state index in [4.69, 9.17) is 10.5 Å². The molecule has 0 atom stereocenters. The van der Waals surface area contributed by atoms with Crippen LogP contribution in [0.3, 0.4) is 0 Å². The molecule has 4 heteroatoms. The Kier molecular flexibility index (Phi) is 3.45. The van der Waals surface area contributed by atoms with Gasteiger partial charge in [-0.15, -0.1) is 0 Å². The Hall–Kier alpha value is -1.39. The van der Waals surface area contributed by atoms with Crippen molar-refractivity contribution < 1.29 is 9.53 Å². The summed E-state index contributed by atoms with van der Waals surface area (Å²) in [5.74, 6) is -0.383. The van der Waals surface area contributed by atoms with Crippen molar-refractivity contribution in [2.45, 2.75) is 13.5 Å². The molecule has 4 nitrogen and oxygen atoms in total. The number of benzene rings is 1. The topological polar surface area (TPSA) is 64.3 Å². The third-order valence-electron chi connectivity index (χ3n) is 2.99. The third kappa shape index (κ3) is 3.05. The van der Waals surface area contributed by atoms with Gasteiger partial charge in [0.15, 0.2) is 0 Å². The van der Waals surface area contributed by atoms with E-state index in [1.807, 2.05) is 18.2 Å². The van der Waals surface area contributed by atoms with E-state index in [-0.39, 0.29) is 11.3 Å². The molecule has 1 saturated heterocycles. The van der Waals surface area contributed by atoms with Gasteiger partial charge in [-0.1, -0.05) is 19.1 Å². The average molecular weight is 234 g/mol. The highest BCUT2D eigenvalue weighted by molar-refractivity contribution is 5.92. The van der Waals surface area contributed by atoms with Gasteiger partial charge in [-0.05, 0) is 17.7 Å². The van der Waals surface area contributed by atoms with Crippen LogP contribution >= 0.6 is 0 Å². The number of hydrogen-bond donors (Lipinski definition) is 2. The molecule has 1 aliphatic rings. The molecule has 2 rings (SSSR count). The van der Waals surface area contributed by atoms with Gasteiger partial charge < -0.3 is 15.8 Å². The minimum Gasteiger partial charge on any atom is -0.380 e. The minimum absolute atomic E-state index is 0.265. The van der Waals surface area contributed by atoms with Gasteiger partial charge in [-0.3, -0.25) is 4.79 Å². The van der Waals surface area contributed by atoms with Crippen molar-refractivity contribution in [3.8, 4) is 0 Å². The lowest BCUT2D eigenvalue weighted by atomic mass is 9.89. The molecule has 0 saturated carbocycles. The molecule has 17 heavy (non-hydrogen) atoms. The molecular formula is C13H18N2O2. The first-order chi connectivity index (χ1) is 8.09. The van der Waals surface area contributed by atoms with Gasteiger partial charge in [0, 0.05) is 24.1 Å². The highest BCUT2D eigenvalue weighted by Gasteiger charge is 2.32. The summed E-state index contributed by atoms with van der Waals surface area (Å²) in [6, 6.07) is 7.40. The maximum Gasteiger partial charge on any atom is 0.248 e. The van der Waals surface area contributed by atoms with E-state index in [1.165, 1.54) is 0 Å². The molecule has 1 fully saturated rings. The number of hydrogen-bond acceptors (Lipinski definition) is 3. The molecule has 1 amide bonds. The van der Waals surface area contributed by atoms with Crippen LogP contribution in [0, 0.1) is 5.41 Å². The van der Waals surface area contributed by atoms with Gasteiger partial charge >= 0.3 is 0 Å². The molecule has 92 valence electrons. The summed E-state index contributed by atoms with van der Waals surface area (Å²) < 4.78 is 5.19. The standard InChI is InChI=1S/C13H18N2O2/c1-13(8-17-9-13)7-15-6-10-3-2-4-11(5-10)12(14)16/h2-5,15H,6-9H2,1H3,(H2,14,16). The predicted molar refractivity (Wildman–Crippen MR) is 65.6 cm³/mol. The first-order valence-corrected chi connectivity index (χ1v) is 5.76. The summed E-state index contributed by atoms with van der Waals surface area (Å²) in [7, 11) is 0. The molecule has 0 bridgehead atoms. The minimum atomic E-state index is -0.383. The van der Waals surface area contributed by atoms with Crippen molar-refractivity contribution in [3.05, 3.63) is 35.4 Å². The van der Waals surface area contributed by atoms with Crippen molar-refractivity contribution in [2.24, 2.45) is 11.1 Å². The number of ether oxygens (including phenoxy) is 1. The maximum atomic E-state index is 11.0. The largest absolute Gasteiger partial charge is 0.380 e. The van der Waals surface area contributed by atoms with Crippen LogP contribution in [0.2, 0.25) is 0 Å². The van der Waals surface area contributed by atoms with Gasteiger partial charge in [0.1, 0.15) is 0 Å². The fourth-order valence-electron chi connectivity index (χ4n) is 1.90. The van der Waals surface area contributed by atoms with Crippen LogP contribution in [0.1, 0.15) is 22.8 Å².